The predicted octanol–water partition coefficient (Wildman–Crippen LogP) is 5.22. The molecule has 0 bridgehead atoms. The van der Waals surface area contributed by atoms with Gasteiger partial charge in [-0.3, -0.25) is 0 Å². The maximum atomic E-state index is 5.77. The highest BCUT2D eigenvalue weighted by Crippen LogP contribution is 2.32. The molecule has 0 atom stereocenters. The van der Waals surface area contributed by atoms with Crippen LogP contribution in [0.1, 0.15) is 11.1 Å². The lowest BCUT2D eigenvalue weighted by atomic mass is 10.3. The standard InChI is InChI=1S/C14H10Cl2N4S3/c15-11-3-1-9(5-17-11)7-21-13-19-20-14(23-13)22-8-10-2-4-12(16)18-6-10/h1-6H,7-8H2. The first-order chi connectivity index (χ1) is 11.2. The third-order valence-electron chi connectivity index (χ3n) is 2.69. The number of nitrogens with zero attached hydrogens (tertiary/aromatic N) is 4. The topological polar surface area (TPSA) is 51.6 Å². The number of aromatic nitrogens is 4. The molecule has 3 heterocycles. The van der Waals surface area contributed by atoms with Crippen LogP contribution in [0.4, 0.5) is 0 Å². The molecule has 118 valence electrons. The zero-order chi connectivity index (χ0) is 16.1. The number of hydrogen-bond donors (Lipinski definition) is 0. The second-order valence-corrected chi connectivity index (χ2v) is 8.59. The molecule has 0 fully saturated rings. The van der Waals surface area contributed by atoms with Gasteiger partial charge in [-0.1, -0.05) is 70.2 Å². The van der Waals surface area contributed by atoms with Crippen molar-refractivity contribution < 1.29 is 0 Å². The third-order valence-corrected chi connectivity index (χ3v) is 6.47. The first kappa shape index (κ1) is 17.0. The minimum atomic E-state index is 0.505. The van der Waals surface area contributed by atoms with Crippen molar-refractivity contribution in [2.24, 2.45) is 0 Å². The normalized spacial score (nSPS) is 10.9. The summed E-state index contributed by atoms with van der Waals surface area (Å²) in [7, 11) is 0. The number of thioether (sulfide) groups is 2. The van der Waals surface area contributed by atoms with Gasteiger partial charge in [-0.15, -0.1) is 10.2 Å². The van der Waals surface area contributed by atoms with Crippen LogP contribution in [0.5, 0.6) is 0 Å². The molecular weight excluding hydrogens is 391 g/mol. The largest absolute Gasteiger partial charge is 0.244 e. The van der Waals surface area contributed by atoms with Crippen molar-refractivity contribution in [3.8, 4) is 0 Å². The van der Waals surface area contributed by atoms with Gasteiger partial charge >= 0.3 is 0 Å². The molecule has 0 aromatic carbocycles. The quantitative estimate of drug-likeness (QED) is 0.417. The second kappa shape index (κ2) is 8.30. The molecule has 0 saturated carbocycles. The maximum Gasteiger partial charge on any atom is 0.175 e. The van der Waals surface area contributed by atoms with Gasteiger partial charge < -0.3 is 0 Å². The van der Waals surface area contributed by atoms with E-state index in [1.165, 1.54) is 0 Å². The molecule has 0 amide bonds. The Morgan fingerprint density at radius 1 is 0.783 bits per heavy atom. The highest BCUT2D eigenvalue weighted by molar-refractivity contribution is 8.02. The molecule has 0 radical (unpaired) electrons. The molecule has 0 unspecified atom stereocenters. The van der Waals surface area contributed by atoms with Gasteiger partial charge in [0.05, 0.1) is 0 Å². The molecule has 0 saturated heterocycles. The van der Waals surface area contributed by atoms with Crippen LogP contribution in [-0.4, -0.2) is 20.2 Å². The number of rotatable bonds is 6. The third kappa shape index (κ3) is 5.32. The monoisotopic (exact) mass is 400 g/mol. The first-order valence-electron chi connectivity index (χ1n) is 6.49. The smallest absolute Gasteiger partial charge is 0.175 e. The van der Waals surface area contributed by atoms with Crippen molar-refractivity contribution >= 4 is 58.1 Å². The van der Waals surface area contributed by atoms with E-state index in [-0.39, 0.29) is 0 Å². The summed E-state index contributed by atoms with van der Waals surface area (Å²) in [6.07, 6.45) is 3.55. The van der Waals surface area contributed by atoms with Crippen molar-refractivity contribution in [1.29, 1.82) is 0 Å². The van der Waals surface area contributed by atoms with Crippen LogP contribution < -0.4 is 0 Å². The first-order valence-corrected chi connectivity index (χ1v) is 10.0. The van der Waals surface area contributed by atoms with Gasteiger partial charge in [0.15, 0.2) is 8.68 Å². The minimum Gasteiger partial charge on any atom is -0.244 e. The zero-order valence-electron chi connectivity index (χ0n) is 11.6. The van der Waals surface area contributed by atoms with Gasteiger partial charge in [0.1, 0.15) is 10.3 Å². The van der Waals surface area contributed by atoms with E-state index < -0.39 is 0 Å². The van der Waals surface area contributed by atoms with Gasteiger partial charge in [0, 0.05) is 23.9 Å². The Morgan fingerprint density at radius 3 is 1.65 bits per heavy atom. The van der Waals surface area contributed by atoms with E-state index >= 15 is 0 Å². The minimum absolute atomic E-state index is 0.505. The van der Waals surface area contributed by atoms with Crippen LogP contribution in [0.15, 0.2) is 45.3 Å². The van der Waals surface area contributed by atoms with Crippen LogP contribution in [0, 0.1) is 0 Å². The maximum absolute atomic E-state index is 5.77. The molecule has 0 aliphatic rings. The Balaban J connectivity index is 1.51. The van der Waals surface area contributed by atoms with Crippen molar-refractivity contribution in [3.05, 3.63) is 58.1 Å². The fraction of sp³-hybridized carbons (Fsp3) is 0.143. The van der Waals surface area contributed by atoms with Gasteiger partial charge in [-0.25, -0.2) is 9.97 Å². The van der Waals surface area contributed by atoms with Crippen LogP contribution >= 0.6 is 58.1 Å². The van der Waals surface area contributed by atoms with Crippen LogP contribution in [0.25, 0.3) is 0 Å². The van der Waals surface area contributed by atoms with Gasteiger partial charge in [0.2, 0.25) is 0 Å². The molecule has 3 rings (SSSR count). The second-order valence-electron chi connectivity index (χ2n) is 4.39. The lowest BCUT2D eigenvalue weighted by Crippen LogP contribution is -1.83. The Bertz CT molecular complexity index is 698. The number of pyridine rings is 2. The van der Waals surface area contributed by atoms with E-state index in [0.29, 0.717) is 10.3 Å². The van der Waals surface area contributed by atoms with E-state index in [2.05, 4.69) is 20.2 Å². The van der Waals surface area contributed by atoms with E-state index in [9.17, 15) is 0 Å². The Hall–Kier alpha value is -0.860. The van der Waals surface area contributed by atoms with Gasteiger partial charge in [-0.05, 0) is 23.3 Å². The summed E-state index contributed by atoms with van der Waals surface area (Å²) in [6, 6.07) is 7.51. The van der Waals surface area contributed by atoms with Crippen molar-refractivity contribution in [3.63, 3.8) is 0 Å². The lowest BCUT2D eigenvalue weighted by Gasteiger charge is -1.98. The molecule has 3 aromatic heterocycles. The SMILES string of the molecule is Clc1ccc(CSc2nnc(SCc3ccc(Cl)nc3)s2)cn1. The summed E-state index contributed by atoms with van der Waals surface area (Å²) in [5, 5.41) is 9.41. The van der Waals surface area contributed by atoms with E-state index in [1.54, 1.807) is 59.4 Å². The Labute approximate surface area is 156 Å². The average Bonchev–Trinajstić information content (AvgIpc) is 3.02. The van der Waals surface area contributed by atoms with E-state index in [1.807, 2.05) is 12.1 Å². The molecule has 0 N–H and O–H groups in total. The molecule has 0 aliphatic carbocycles. The zero-order valence-corrected chi connectivity index (χ0v) is 15.6. The highest BCUT2D eigenvalue weighted by atomic mass is 35.5. The van der Waals surface area contributed by atoms with E-state index in [4.69, 9.17) is 23.2 Å². The molecule has 23 heavy (non-hydrogen) atoms. The molecule has 0 spiro atoms. The summed E-state index contributed by atoms with van der Waals surface area (Å²) in [5.74, 6) is 1.59. The predicted molar refractivity (Wildman–Crippen MR) is 97.5 cm³/mol. The molecule has 3 aromatic rings. The van der Waals surface area contributed by atoms with Crippen molar-refractivity contribution in [2.75, 3.05) is 0 Å². The summed E-state index contributed by atoms with van der Waals surface area (Å²) in [6.45, 7) is 0. The van der Waals surface area contributed by atoms with E-state index in [0.717, 1.165) is 31.3 Å². The summed E-state index contributed by atoms with van der Waals surface area (Å²) < 4.78 is 1.88. The van der Waals surface area contributed by atoms with Crippen LogP contribution in [0.2, 0.25) is 10.3 Å². The van der Waals surface area contributed by atoms with Gasteiger partial charge in [0.25, 0.3) is 0 Å². The lowest BCUT2D eigenvalue weighted by molar-refractivity contribution is 0.954. The average molecular weight is 401 g/mol. The summed E-state index contributed by atoms with van der Waals surface area (Å²) in [5.41, 5.74) is 2.21. The highest BCUT2D eigenvalue weighted by Gasteiger charge is 2.07. The van der Waals surface area contributed by atoms with Crippen molar-refractivity contribution in [2.45, 2.75) is 20.2 Å². The fourth-order valence-corrected chi connectivity index (χ4v) is 4.70. The summed E-state index contributed by atoms with van der Waals surface area (Å²) in [4.78, 5) is 8.13. The molecule has 0 aliphatic heterocycles. The Morgan fingerprint density at radius 2 is 1.26 bits per heavy atom. The van der Waals surface area contributed by atoms with Crippen molar-refractivity contribution in [1.82, 2.24) is 20.2 Å². The molecule has 4 nitrogen and oxygen atoms in total. The summed E-state index contributed by atoms with van der Waals surface area (Å²) >= 11 is 16.4. The Kier molecular flexibility index (Phi) is 6.13. The number of halogens is 2. The van der Waals surface area contributed by atoms with Gasteiger partial charge in [-0.2, -0.15) is 0 Å². The number of hydrogen-bond acceptors (Lipinski definition) is 7. The molecule has 9 heteroatoms. The fourth-order valence-electron chi connectivity index (χ4n) is 1.59. The molecular formula is C14H10Cl2N4S3. The van der Waals surface area contributed by atoms with Crippen LogP contribution in [0.3, 0.4) is 0 Å². The van der Waals surface area contributed by atoms with Crippen LogP contribution in [-0.2, 0) is 11.5 Å².